The van der Waals surface area contributed by atoms with Crippen molar-refractivity contribution in [3.05, 3.63) is 156 Å². The number of hydrogen-bond donors (Lipinski definition) is 2. The van der Waals surface area contributed by atoms with Gasteiger partial charge < -0.3 is 24.5 Å². The molecule has 2 N–H and O–H groups in total. The third kappa shape index (κ3) is 8.81. The third-order valence-electron chi connectivity index (χ3n) is 8.72. The number of anilines is 2. The summed E-state index contributed by atoms with van der Waals surface area (Å²) in [5.41, 5.74) is 3.68. The summed E-state index contributed by atoms with van der Waals surface area (Å²) in [5.74, 6) is -0.948. The summed E-state index contributed by atoms with van der Waals surface area (Å²) in [6, 6.07) is 33.0. The summed E-state index contributed by atoms with van der Waals surface area (Å²) < 4.78 is 53.1. The largest absolute Gasteiger partial charge is 0.497 e. The topological polar surface area (TPSA) is 130 Å². The Hall–Kier alpha value is -7.09. The molecule has 2 aliphatic heterocycles. The van der Waals surface area contributed by atoms with Gasteiger partial charge in [-0.15, -0.1) is 0 Å². The quantitative estimate of drug-likeness (QED) is 0.124. The second kappa shape index (κ2) is 16.9. The summed E-state index contributed by atoms with van der Waals surface area (Å²) in [6.07, 6.45) is -2.69. The van der Waals surface area contributed by atoms with Crippen LogP contribution in [0.15, 0.2) is 144 Å². The second-order valence-electron chi connectivity index (χ2n) is 12.4. The van der Waals surface area contributed by atoms with Crippen LogP contribution in [0.1, 0.15) is 23.1 Å². The lowest BCUT2D eigenvalue weighted by atomic mass is 10.0. The average Bonchev–Trinajstić information content (AvgIpc) is 3.87. The first-order valence-corrected chi connectivity index (χ1v) is 17.2. The van der Waals surface area contributed by atoms with Crippen molar-refractivity contribution < 1.29 is 46.2 Å². The fraction of sp³-hybridized carbons (Fsp3) is 0.143. The first-order chi connectivity index (χ1) is 27.0. The summed E-state index contributed by atoms with van der Waals surface area (Å²) >= 11 is 0. The molecule has 0 saturated carbocycles. The fourth-order valence-electron chi connectivity index (χ4n) is 5.92. The molecule has 0 bridgehead atoms. The van der Waals surface area contributed by atoms with Crippen molar-refractivity contribution in [2.45, 2.75) is 19.1 Å². The highest BCUT2D eigenvalue weighted by Crippen LogP contribution is 2.34. The summed E-state index contributed by atoms with van der Waals surface area (Å²) in [6.45, 7) is -0.580. The number of amides is 4. The van der Waals surface area contributed by atoms with E-state index in [1.807, 2.05) is 30.3 Å². The number of rotatable bonds is 12. The highest BCUT2D eigenvalue weighted by Gasteiger charge is 2.41. The van der Waals surface area contributed by atoms with E-state index in [1.54, 1.807) is 92.0 Å². The molecule has 11 nitrogen and oxygen atoms in total. The Bertz CT molecular complexity index is 2260. The number of furan rings is 1. The monoisotopic (exact) mass is 764 g/mol. The number of hydrogen-bond acceptors (Lipinski definition) is 9. The first kappa shape index (κ1) is 38.6. The molecule has 4 aromatic carbocycles. The van der Waals surface area contributed by atoms with E-state index in [2.05, 4.69) is 10.6 Å². The van der Waals surface area contributed by atoms with Crippen molar-refractivity contribution in [2.75, 3.05) is 31.4 Å². The van der Waals surface area contributed by atoms with Crippen molar-refractivity contribution >= 4 is 46.1 Å². The molecule has 14 heteroatoms. The van der Waals surface area contributed by atoms with Gasteiger partial charge in [0.05, 0.1) is 50.9 Å². The molecule has 1 aromatic heterocycles. The van der Waals surface area contributed by atoms with E-state index >= 15 is 0 Å². The number of carbonyl (C=O) groups excluding carboxylic acids is 4. The zero-order valence-electron chi connectivity index (χ0n) is 30.1. The normalized spacial score (nSPS) is 14.3. The van der Waals surface area contributed by atoms with E-state index in [0.717, 1.165) is 5.56 Å². The first-order valence-electron chi connectivity index (χ1n) is 17.2. The second-order valence-corrected chi connectivity index (χ2v) is 12.4. The Labute approximate surface area is 319 Å². The molecule has 0 radical (unpaired) electrons. The van der Waals surface area contributed by atoms with Gasteiger partial charge in [-0.1, -0.05) is 60.7 Å². The van der Waals surface area contributed by atoms with Crippen LogP contribution in [-0.2, 0) is 25.7 Å². The van der Waals surface area contributed by atoms with E-state index in [4.69, 9.17) is 13.9 Å². The average molecular weight is 765 g/mol. The van der Waals surface area contributed by atoms with E-state index in [-0.39, 0.29) is 35.3 Å². The van der Waals surface area contributed by atoms with Crippen LogP contribution < -0.4 is 20.1 Å². The summed E-state index contributed by atoms with van der Waals surface area (Å²) in [5, 5.41) is 6.00. The highest BCUT2D eigenvalue weighted by atomic mass is 19.4. The molecule has 5 aromatic rings. The molecular weight excluding hydrogens is 729 g/mol. The smallest absolute Gasteiger partial charge is 0.390 e. The van der Waals surface area contributed by atoms with Crippen molar-refractivity contribution in [2.24, 2.45) is 0 Å². The van der Waals surface area contributed by atoms with Crippen LogP contribution in [0.5, 0.6) is 11.5 Å². The van der Waals surface area contributed by atoms with Crippen LogP contribution in [0.4, 0.5) is 24.5 Å². The highest BCUT2D eigenvalue weighted by molar-refractivity contribution is 6.37. The van der Waals surface area contributed by atoms with Crippen molar-refractivity contribution in [1.82, 2.24) is 9.80 Å². The lowest BCUT2D eigenvalue weighted by Gasteiger charge is -2.16. The summed E-state index contributed by atoms with van der Waals surface area (Å²) in [7, 11) is 3.10. The maximum absolute atomic E-state index is 13.1. The Kier molecular flexibility index (Phi) is 11.7. The molecule has 56 heavy (non-hydrogen) atoms. The maximum atomic E-state index is 13.1. The molecule has 0 aliphatic carbocycles. The van der Waals surface area contributed by atoms with E-state index in [9.17, 15) is 32.3 Å². The van der Waals surface area contributed by atoms with Gasteiger partial charge in [-0.05, 0) is 65.7 Å². The van der Waals surface area contributed by atoms with Crippen LogP contribution >= 0.6 is 0 Å². The van der Waals surface area contributed by atoms with Crippen molar-refractivity contribution in [3.63, 3.8) is 0 Å². The molecule has 3 heterocycles. The Morgan fingerprint density at radius 2 is 1.04 bits per heavy atom. The minimum Gasteiger partial charge on any atom is -0.497 e. The van der Waals surface area contributed by atoms with Crippen molar-refractivity contribution in [1.29, 1.82) is 0 Å². The summed E-state index contributed by atoms with van der Waals surface area (Å²) in [4.78, 5) is 53.5. The zero-order valence-corrected chi connectivity index (χ0v) is 30.1. The molecule has 0 saturated heterocycles. The molecule has 2 aliphatic rings. The number of halogens is 3. The van der Waals surface area contributed by atoms with Gasteiger partial charge in [-0.25, -0.2) is 0 Å². The predicted octanol–water partition coefficient (Wildman–Crippen LogP) is 7.52. The third-order valence-corrected chi connectivity index (χ3v) is 8.72. The van der Waals surface area contributed by atoms with Gasteiger partial charge in [0.25, 0.3) is 23.6 Å². The SMILES string of the molecule is COc1ccc(NC2=C(c3ccccc3)C(=O)N(CCC(F)(F)F)C2=O)cc1.COc1ccc(NC2=C(c3ccccc3)C(=O)N(Cc3ccoc3)C2=O)cc1. The minimum atomic E-state index is -4.47. The number of nitrogens with zero attached hydrogens (tertiary/aromatic N) is 2. The number of methoxy groups -OCH3 is 2. The van der Waals surface area contributed by atoms with E-state index in [0.29, 0.717) is 44.5 Å². The molecule has 0 atom stereocenters. The van der Waals surface area contributed by atoms with Crippen LogP contribution in [0.2, 0.25) is 0 Å². The van der Waals surface area contributed by atoms with Gasteiger partial charge in [0.2, 0.25) is 0 Å². The molecule has 0 unspecified atom stereocenters. The van der Waals surface area contributed by atoms with Crippen LogP contribution in [0.3, 0.4) is 0 Å². The van der Waals surface area contributed by atoms with Crippen molar-refractivity contribution in [3.8, 4) is 11.5 Å². The van der Waals surface area contributed by atoms with Gasteiger partial charge in [-0.3, -0.25) is 29.0 Å². The predicted molar refractivity (Wildman–Crippen MR) is 202 cm³/mol. The van der Waals surface area contributed by atoms with Gasteiger partial charge in [0.15, 0.2) is 0 Å². The zero-order chi connectivity index (χ0) is 39.8. The molecule has 4 amide bonds. The minimum absolute atomic E-state index is 0.0450. The van der Waals surface area contributed by atoms with Gasteiger partial charge >= 0.3 is 6.18 Å². The Morgan fingerprint density at radius 1 is 0.589 bits per heavy atom. The standard InChI is InChI=1S/C22H18N2O4.C20H17F3N2O3/c1-27-18-9-7-17(8-10-18)23-20-19(16-5-3-2-4-6-16)21(25)24(22(20)26)13-15-11-12-28-14-15;1-28-15-9-7-14(8-10-15)24-17-16(13-5-3-2-4-6-13)18(26)25(19(17)27)12-11-20(21,22)23/h2-12,14,23H,13H2,1H3;2-10,24H,11-12H2,1H3. The molecular formula is C42H35F3N4O7. The lowest BCUT2D eigenvalue weighted by Crippen LogP contribution is -2.35. The molecule has 0 fully saturated rings. The fourth-order valence-corrected chi connectivity index (χ4v) is 5.92. The van der Waals surface area contributed by atoms with Gasteiger partial charge in [0.1, 0.15) is 22.9 Å². The number of benzene rings is 4. The number of ether oxygens (including phenoxy) is 2. The number of carbonyl (C=O) groups is 4. The van der Waals surface area contributed by atoms with E-state index in [1.165, 1.54) is 24.5 Å². The van der Waals surface area contributed by atoms with Gasteiger partial charge in [-0.2, -0.15) is 13.2 Å². The van der Waals surface area contributed by atoms with Gasteiger partial charge in [0, 0.05) is 23.5 Å². The Morgan fingerprint density at radius 3 is 1.45 bits per heavy atom. The van der Waals surface area contributed by atoms with Crippen LogP contribution in [0.25, 0.3) is 11.1 Å². The number of nitrogens with one attached hydrogen (secondary N) is 2. The number of alkyl halides is 3. The maximum Gasteiger partial charge on any atom is 0.390 e. The number of imide groups is 2. The van der Waals surface area contributed by atoms with Crippen LogP contribution in [0, 0.1) is 0 Å². The van der Waals surface area contributed by atoms with E-state index < -0.39 is 31.0 Å². The molecule has 7 rings (SSSR count). The molecule has 286 valence electrons. The molecule has 0 spiro atoms. The Balaban J connectivity index is 0.000000190. The van der Waals surface area contributed by atoms with Crippen LogP contribution in [-0.4, -0.2) is 60.4 Å². The lowest BCUT2D eigenvalue weighted by molar-refractivity contribution is -0.148.